The lowest BCUT2D eigenvalue weighted by Crippen LogP contribution is -1.95. The largest absolute Gasteiger partial charge is 0.438 e. The number of thiophene rings is 1. The Labute approximate surface area is 132 Å². The molecule has 21 heavy (non-hydrogen) atoms. The van der Waals surface area contributed by atoms with Crippen LogP contribution < -0.4 is 4.74 Å². The van der Waals surface area contributed by atoms with Crippen molar-refractivity contribution in [2.45, 2.75) is 26.7 Å². The topological polar surface area (TPSA) is 35.0 Å². The van der Waals surface area contributed by atoms with Gasteiger partial charge in [-0.3, -0.25) is 0 Å². The Balaban J connectivity index is 2.06. The number of fused-ring (bicyclic) bond motifs is 1. The second-order valence-corrected chi connectivity index (χ2v) is 6.45. The summed E-state index contributed by atoms with van der Waals surface area (Å²) in [6.07, 6.45) is 0. The number of hydrogen-bond donors (Lipinski definition) is 0. The van der Waals surface area contributed by atoms with Gasteiger partial charge in [-0.1, -0.05) is 26.0 Å². The fourth-order valence-corrected chi connectivity index (χ4v) is 3.04. The van der Waals surface area contributed by atoms with Crippen LogP contribution in [0, 0.1) is 6.92 Å². The molecule has 3 rings (SSSR count). The lowest BCUT2D eigenvalue weighted by Gasteiger charge is -2.12. The van der Waals surface area contributed by atoms with Crippen LogP contribution in [-0.4, -0.2) is 9.97 Å². The summed E-state index contributed by atoms with van der Waals surface area (Å²) in [5, 5.41) is 3.05. The van der Waals surface area contributed by atoms with Crippen LogP contribution >= 0.6 is 22.9 Å². The van der Waals surface area contributed by atoms with Gasteiger partial charge in [-0.05, 0) is 53.1 Å². The molecule has 108 valence electrons. The zero-order valence-corrected chi connectivity index (χ0v) is 13.6. The molecule has 0 fully saturated rings. The van der Waals surface area contributed by atoms with Crippen LogP contribution in [0.1, 0.15) is 30.9 Å². The molecule has 3 nitrogen and oxygen atoms in total. The van der Waals surface area contributed by atoms with Crippen LogP contribution in [0.2, 0.25) is 5.28 Å². The summed E-state index contributed by atoms with van der Waals surface area (Å²) in [7, 11) is 0. The Bertz CT molecular complexity index is 798. The van der Waals surface area contributed by atoms with Crippen LogP contribution in [0.15, 0.2) is 29.6 Å². The molecule has 0 aliphatic carbocycles. The van der Waals surface area contributed by atoms with E-state index in [4.69, 9.17) is 16.3 Å². The van der Waals surface area contributed by atoms with Crippen LogP contribution in [0.3, 0.4) is 0 Å². The van der Waals surface area contributed by atoms with Crippen LogP contribution in [-0.2, 0) is 0 Å². The molecule has 0 saturated carbocycles. The number of halogens is 1. The molecule has 0 aliphatic heterocycles. The first kappa shape index (κ1) is 14.3. The van der Waals surface area contributed by atoms with Gasteiger partial charge < -0.3 is 4.74 Å². The monoisotopic (exact) mass is 318 g/mol. The van der Waals surface area contributed by atoms with Crippen LogP contribution in [0.5, 0.6) is 11.6 Å². The maximum atomic E-state index is 6.02. The summed E-state index contributed by atoms with van der Waals surface area (Å²) in [4.78, 5) is 9.26. The molecule has 2 aromatic heterocycles. The predicted octanol–water partition coefficient (Wildman–Crippen LogP) is 5.57. The first-order valence-corrected chi connectivity index (χ1v) is 7.99. The van der Waals surface area contributed by atoms with Crippen molar-refractivity contribution in [1.82, 2.24) is 9.97 Å². The van der Waals surface area contributed by atoms with E-state index < -0.39 is 0 Å². The number of rotatable bonds is 3. The third-order valence-corrected chi connectivity index (χ3v) is 4.32. The number of ether oxygens (including phenoxy) is 1. The lowest BCUT2D eigenvalue weighted by molar-refractivity contribution is 0.464. The molecule has 3 aromatic rings. The highest BCUT2D eigenvalue weighted by molar-refractivity contribution is 7.16. The summed E-state index contributed by atoms with van der Waals surface area (Å²) in [5.41, 5.74) is 2.30. The summed E-state index contributed by atoms with van der Waals surface area (Å²) in [6, 6.07) is 8.21. The van der Waals surface area contributed by atoms with Crippen molar-refractivity contribution >= 4 is 33.2 Å². The van der Waals surface area contributed by atoms with Crippen molar-refractivity contribution in [2.24, 2.45) is 0 Å². The molecule has 1 aromatic carbocycles. The van der Waals surface area contributed by atoms with Gasteiger partial charge in [0.05, 0.1) is 5.39 Å². The number of hydrogen-bond acceptors (Lipinski definition) is 4. The number of nitrogens with zero attached hydrogens (tertiary/aromatic N) is 2. The van der Waals surface area contributed by atoms with Gasteiger partial charge in [0, 0.05) is 0 Å². The number of aryl methyl sites for hydroxylation is 1. The highest BCUT2D eigenvalue weighted by atomic mass is 35.5. The predicted molar refractivity (Wildman–Crippen MR) is 87.8 cm³/mol. The van der Waals surface area contributed by atoms with Gasteiger partial charge in [0.25, 0.3) is 0 Å². The minimum absolute atomic E-state index is 0.206. The van der Waals surface area contributed by atoms with Crippen molar-refractivity contribution < 1.29 is 4.74 Å². The quantitative estimate of drug-likeness (QED) is 0.592. The summed E-state index contributed by atoms with van der Waals surface area (Å²) >= 11 is 7.50. The van der Waals surface area contributed by atoms with Gasteiger partial charge in [0.2, 0.25) is 11.2 Å². The smallest absolute Gasteiger partial charge is 0.232 e. The van der Waals surface area contributed by atoms with Gasteiger partial charge in [-0.25, -0.2) is 4.98 Å². The molecule has 0 saturated heterocycles. The van der Waals surface area contributed by atoms with Gasteiger partial charge >= 0.3 is 0 Å². The zero-order chi connectivity index (χ0) is 15.0. The average molecular weight is 319 g/mol. The number of benzene rings is 1. The van der Waals surface area contributed by atoms with Crippen molar-refractivity contribution in [3.63, 3.8) is 0 Å². The SMILES string of the molecule is Cc1ccc(C(C)C)cc1Oc1nc(Cl)nc2sccc12. The van der Waals surface area contributed by atoms with E-state index in [9.17, 15) is 0 Å². The van der Waals surface area contributed by atoms with Gasteiger partial charge in [0.1, 0.15) is 10.6 Å². The minimum atomic E-state index is 0.206. The maximum absolute atomic E-state index is 6.02. The fraction of sp³-hybridized carbons (Fsp3) is 0.250. The maximum Gasteiger partial charge on any atom is 0.232 e. The molecule has 0 N–H and O–H groups in total. The summed E-state index contributed by atoms with van der Waals surface area (Å²) < 4.78 is 6.02. The van der Waals surface area contributed by atoms with Crippen LogP contribution in [0.25, 0.3) is 10.2 Å². The Morgan fingerprint density at radius 1 is 1.19 bits per heavy atom. The first-order valence-electron chi connectivity index (χ1n) is 6.73. The number of aromatic nitrogens is 2. The Hall–Kier alpha value is -1.65. The molecule has 0 bridgehead atoms. The molecule has 0 atom stereocenters. The van der Waals surface area contributed by atoms with E-state index in [0.29, 0.717) is 11.8 Å². The fourth-order valence-electron chi connectivity index (χ4n) is 2.07. The van der Waals surface area contributed by atoms with Crippen molar-refractivity contribution in [1.29, 1.82) is 0 Å². The van der Waals surface area contributed by atoms with E-state index in [1.165, 1.54) is 16.9 Å². The third-order valence-electron chi connectivity index (χ3n) is 3.35. The second kappa shape index (κ2) is 5.62. The van der Waals surface area contributed by atoms with Crippen molar-refractivity contribution in [3.05, 3.63) is 46.1 Å². The third kappa shape index (κ3) is 2.87. The van der Waals surface area contributed by atoms with Gasteiger partial charge in [-0.15, -0.1) is 11.3 Å². The van der Waals surface area contributed by atoms with E-state index in [0.717, 1.165) is 21.5 Å². The first-order chi connectivity index (χ1) is 10.0. The summed E-state index contributed by atoms with van der Waals surface area (Å²) in [6.45, 7) is 6.34. The molecular weight excluding hydrogens is 304 g/mol. The Morgan fingerprint density at radius 2 is 2.00 bits per heavy atom. The highest BCUT2D eigenvalue weighted by Crippen LogP contribution is 2.33. The molecule has 0 radical (unpaired) electrons. The molecule has 0 amide bonds. The Kier molecular flexibility index (Phi) is 3.83. The average Bonchev–Trinajstić information content (AvgIpc) is 2.89. The molecular formula is C16H15ClN2OS. The summed E-state index contributed by atoms with van der Waals surface area (Å²) in [5.74, 6) is 1.77. The standard InChI is InChI=1S/C16H15ClN2OS/c1-9(2)11-5-4-10(3)13(8-11)20-14-12-6-7-21-15(12)19-16(17)18-14/h4-9H,1-3H3. The van der Waals surface area contributed by atoms with Crippen molar-refractivity contribution in [2.75, 3.05) is 0 Å². The molecule has 0 aliphatic rings. The van der Waals surface area contributed by atoms with E-state index in [1.54, 1.807) is 0 Å². The molecule has 2 heterocycles. The van der Waals surface area contributed by atoms with E-state index in [1.807, 2.05) is 18.4 Å². The minimum Gasteiger partial charge on any atom is -0.438 e. The Morgan fingerprint density at radius 3 is 2.76 bits per heavy atom. The zero-order valence-electron chi connectivity index (χ0n) is 12.1. The van der Waals surface area contributed by atoms with E-state index in [2.05, 4.69) is 42.0 Å². The molecule has 0 spiro atoms. The molecule has 5 heteroatoms. The van der Waals surface area contributed by atoms with E-state index >= 15 is 0 Å². The highest BCUT2D eigenvalue weighted by Gasteiger charge is 2.12. The molecule has 0 unspecified atom stereocenters. The van der Waals surface area contributed by atoms with E-state index in [-0.39, 0.29) is 5.28 Å². The lowest BCUT2D eigenvalue weighted by atomic mass is 10.0. The second-order valence-electron chi connectivity index (χ2n) is 5.22. The normalized spacial score (nSPS) is 11.3. The van der Waals surface area contributed by atoms with Crippen molar-refractivity contribution in [3.8, 4) is 11.6 Å². The van der Waals surface area contributed by atoms with Gasteiger partial charge in [-0.2, -0.15) is 4.98 Å². The van der Waals surface area contributed by atoms with Crippen LogP contribution in [0.4, 0.5) is 0 Å². The van der Waals surface area contributed by atoms with Gasteiger partial charge in [0.15, 0.2) is 0 Å².